The number of ether oxygens (including phenoxy) is 3. The molecule has 208 valence electrons. The maximum atomic E-state index is 13.4. The Morgan fingerprint density at radius 1 is 1.21 bits per heavy atom. The summed E-state index contributed by atoms with van der Waals surface area (Å²) in [5, 5.41) is 0. The summed E-state index contributed by atoms with van der Waals surface area (Å²) in [6, 6.07) is 3.54. The molecule has 38 heavy (non-hydrogen) atoms. The molecule has 4 saturated carbocycles. The van der Waals surface area contributed by atoms with Crippen molar-refractivity contribution in [2.24, 2.45) is 28.7 Å². The minimum Gasteiger partial charge on any atom is -0.477 e. The van der Waals surface area contributed by atoms with E-state index in [2.05, 4.69) is 9.89 Å². The van der Waals surface area contributed by atoms with Crippen LogP contribution in [0, 0.1) is 23.7 Å². The number of aliphatic imine (C=N–C) groups is 1. The quantitative estimate of drug-likeness (QED) is 0.411. The second-order valence-electron chi connectivity index (χ2n) is 11.4. The van der Waals surface area contributed by atoms with Crippen LogP contribution in [0.25, 0.3) is 0 Å². The van der Waals surface area contributed by atoms with Gasteiger partial charge in [0.25, 0.3) is 5.91 Å². The molecule has 2 unspecified atom stereocenters. The molecule has 4 aliphatic carbocycles. The van der Waals surface area contributed by atoms with Crippen LogP contribution in [0.2, 0.25) is 0 Å². The monoisotopic (exact) mass is 533 g/mol. The first-order valence-corrected chi connectivity index (χ1v) is 13.8. The molecule has 0 N–H and O–H groups in total. The predicted molar refractivity (Wildman–Crippen MR) is 137 cm³/mol. The van der Waals surface area contributed by atoms with Crippen molar-refractivity contribution in [3.8, 4) is 5.88 Å². The highest BCUT2D eigenvalue weighted by Crippen LogP contribution is 2.56. The smallest absolute Gasteiger partial charge is 0.345 e. The fourth-order valence-corrected chi connectivity index (χ4v) is 7.22. The van der Waals surface area contributed by atoms with Gasteiger partial charge in [-0.25, -0.2) is 4.99 Å². The molecule has 1 saturated heterocycles. The number of methoxy groups -OCH3 is 1. The minimum atomic E-state index is -2.79. The number of esters is 1. The molecule has 10 heteroatoms. The van der Waals surface area contributed by atoms with Crippen LogP contribution in [0.1, 0.15) is 75.1 Å². The number of pyridine rings is 1. The molecule has 5 fully saturated rings. The summed E-state index contributed by atoms with van der Waals surface area (Å²) >= 11 is 0. The van der Waals surface area contributed by atoms with Gasteiger partial charge in [0.05, 0.1) is 19.3 Å². The Morgan fingerprint density at radius 3 is 2.66 bits per heavy atom. The molecular weight excluding hydrogens is 496 g/mol. The van der Waals surface area contributed by atoms with Gasteiger partial charge >= 0.3 is 12.6 Å². The standard InChI is InChI=1S/C28H37F2N3O5/c1-3-9-37-26-21(6-7-22(31-26)33-8-4-5-17(16-33)12-23(34)36-2)25(35)32-24-19-10-18-11-20(24)15-28(13-18,14-19)38-27(29)30/h6-7,17-20,27H,3-5,8-16H2,1-2H3/t17-,18?,19?,20?,28?/m0/s1. The zero-order chi connectivity index (χ0) is 26.9. The van der Waals surface area contributed by atoms with Gasteiger partial charge < -0.3 is 19.1 Å². The van der Waals surface area contributed by atoms with E-state index < -0.39 is 18.1 Å². The van der Waals surface area contributed by atoms with Gasteiger partial charge in [-0.2, -0.15) is 13.8 Å². The molecule has 0 radical (unpaired) electrons. The van der Waals surface area contributed by atoms with Crippen molar-refractivity contribution >= 4 is 23.4 Å². The fraction of sp³-hybridized carbons (Fsp3) is 0.714. The number of nitrogens with zero attached hydrogens (tertiary/aromatic N) is 3. The lowest BCUT2D eigenvalue weighted by molar-refractivity contribution is -0.243. The lowest BCUT2D eigenvalue weighted by Crippen LogP contribution is -2.57. The lowest BCUT2D eigenvalue weighted by atomic mass is 9.53. The van der Waals surface area contributed by atoms with Crippen LogP contribution < -0.4 is 9.64 Å². The summed E-state index contributed by atoms with van der Waals surface area (Å²) in [5.41, 5.74) is 0.350. The fourth-order valence-electron chi connectivity index (χ4n) is 7.22. The van der Waals surface area contributed by atoms with E-state index in [0.717, 1.165) is 44.4 Å². The van der Waals surface area contributed by atoms with E-state index in [9.17, 15) is 18.4 Å². The number of anilines is 1. The first kappa shape index (κ1) is 27.0. The molecule has 4 bridgehead atoms. The van der Waals surface area contributed by atoms with Crippen molar-refractivity contribution < 1.29 is 32.6 Å². The number of halogens is 2. The van der Waals surface area contributed by atoms with Crippen LogP contribution in [-0.2, 0) is 14.3 Å². The summed E-state index contributed by atoms with van der Waals surface area (Å²) in [6.45, 7) is 1.10. The number of hydrogen-bond acceptors (Lipinski definition) is 7. The van der Waals surface area contributed by atoms with Gasteiger partial charge in [-0.05, 0) is 75.3 Å². The number of alkyl halides is 2. The van der Waals surface area contributed by atoms with Gasteiger partial charge in [-0.1, -0.05) is 6.92 Å². The first-order valence-electron chi connectivity index (χ1n) is 13.8. The Bertz CT molecular complexity index is 1060. The van der Waals surface area contributed by atoms with Crippen LogP contribution >= 0.6 is 0 Å². The summed E-state index contributed by atoms with van der Waals surface area (Å²) in [7, 11) is 1.40. The maximum absolute atomic E-state index is 13.4. The zero-order valence-corrected chi connectivity index (χ0v) is 22.2. The van der Waals surface area contributed by atoms with Gasteiger partial charge in [0, 0.05) is 37.1 Å². The highest BCUT2D eigenvalue weighted by atomic mass is 19.3. The normalized spacial score (nSPS) is 30.0. The van der Waals surface area contributed by atoms with Crippen molar-refractivity contribution in [1.82, 2.24) is 4.98 Å². The maximum Gasteiger partial charge on any atom is 0.345 e. The van der Waals surface area contributed by atoms with Crippen LogP contribution in [0.5, 0.6) is 5.88 Å². The third-order valence-electron chi connectivity index (χ3n) is 8.58. The SMILES string of the molecule is CCCOc1nc(N2CCC[C@@H](CC(=O)OC)C2)ccc1C(=O)N=C1C2CC3CC1CC(OC(F)F)(C3)C2. The second-order valence-corrected chi connectivity index (χ2v) is 11.4. The van der Waals surface area contributed by atoms with Crippen molar-refractivity contribution in [2.75, 3.05) is 31.7 Å². The van der Waals surface area contributed by atoms with Gasteiger partial charge in [0.2, 0.25) is 5.88 Å². The zero-order valence-electron chi connectivity index (χ0n) is 22.2. The molecule has 0 aromatic carbocycles. The molecular formula is C28H37F2N3O5. The molecule has 1 aromatic rings. The number of rotatable bonds is 9. The Labute approximate surface area is 222 Å². The third kappa shape index (κ3) is 5.70. The summed E-state index contributed by atoms with van der Waals surface area (Å²) < 4.78 is 42.1. The van der Waals surface area contributed by atoms with Gasteiger partial charge in [0.1, 0.15) is 11.4 Å². The molecule has 3 atom stereocenters. The van der Waals surface area contributed by atoms with E-state index in [1.165, 1.54) is 7.11 Å². The van der Waals surface area contributed by atoms with E-state index in [1.54, 1.807) is 6.07 Å². The Morgan fingerprint density at radius 2 is 1.97 bits per heavy atom. The summed E-state index contributed by atoms with van der Waals surface area (Å²) in [5.74, 6) is 0.868. The van der Waals surface area contributed by atoms with Crippen molar-refractivity contribution in [2.45, 2.75) is 76.9 Å². The Kier molecular flexibility index (Phi) is 7.98. The average molecular weight is 534 g/mol. The van der Waals surface area contributed by atoms with E-state index in [-0.39, 0.29) is 29.6 Å². The Balaban J connectivity index is 1.35. The lowest BCUT2D eigenvalue weighted by Gasteiger charge is -2.56. The largest absolute Gasteiger partial charge is 0.477 e. The minimum absolute atomic E-state index is 0.00344. The summed E-state index contributed by atoms with van der Waals surface area (Å²) in [6.07, 6.45) is 6.41. The number of aromatic nitrogens is 1. The van der Waals surface area contributed by atoms with Gasteiger partial charge in [-0.3, -0.25) is 9.59 Å². The van der Waals surface area contributed by atoms with Crippen molar-refractivity contribution in [3.63, 3.8) is 0 Å². The third-order valence-corrected chi connectivity index (χ3v) is 8.58. The number of hydrogen-bond donors (Lipinski definition) is 0. The topological polar surface area (TPSA) is 90.3 Å². The molecule has 1 amide bonds. The Hall–Kier alpha value is -2.62. The number of carbonyl (C=O) groups excluding carboxylic acids is 2. The predicted octanol–water partition coefficient (Wildman–Crippen LogP) is 5.05. The number of piperidine rings is 1. The van der Waals surface area contributed by atoms with Crippen LogP contribution in [-0.4, -0.2) is 61.6 Å². The van der Waals surface area contributed by atoms with E-state index in [0.29, 0.717) is 56.1 Å². The molecule has 6 rings (SSSR count). The first-order chi connectivity index (χ1) is 18.3. The van der Waals surface area contributed by atoms with Crippen LogP contribution in [0.4, 0.5) is 14.6 Å². The second kappa shape index (κ2) is 11.2. The van der Waals surface area contributed by atoms with Crippen LogP contribution in [0.3, 0.4) is 0 Å². The molecule has 1 aliphatic heterocycles. The highest BCUT2D eigenvalue weighted by molar-refractivity contribution is 6.07. The highest BCUT2D eigenvalue weighted by Gasteiger charge is 2.56. The molecule has 0 spiro atoms. The number of carbonyl (C=O) groups is 2. The van der Waals surface area contributed by atoms with Crippen LogP contribution in [0.15, 0.2) is 17.1 Å². The van der Waals surface area contributed by atoms with Gasteiger partial charge in [0.15, 0.2) is 0 Å². The van der Waals surface area contributed by atoms with E-state index in [4.69, 9.17) is 19.2 Å². The summed E-state index contributed by atoms with van der Waals surface area (Å²) in [4.78, 5) is 36.6. The van der Waals surface area contributed by atoms with Crippen molar-refractivity contribution in [1.29, 1.82) is 0 Å². The van der Waals surface area contributed by atoms with E-state index in [1.807, 2.05) is 13.0 Å². The van der Waals surface area contributed by atoms with E-state index >= 15 is 0 Å². The molecule has 2 heterocycles. The molecule has 1 aromatic heterocycles. The average Bonchev–Trinajstić information content (AvgIpc) is 2.88. The number of amides is 1. The van der Waals surface area contributed by atoms with Gasteiger partial charge in [-0.15, -0.1) is 0 Å². The molecule has 8 nitrogen and oxygen atoms in total. The molecule has 5 aliphatic rings. The van der Waals surface area contributed by atoms with Crippen molar-refractivity contribution in [3.05, 3.63) is 17.7 Å².